The highest BCUT2D eigenvalue weighted by atomic mass is 79.9. The van der Waals surface area contributed by atoms with Crippen LogP contribution in [0.5, 0.6) is 0 Å². The molecule has 1 aromatic carbocycles. The van der Waals surface area contributed by atoms with Gasteiger partial charge in [-0.1, -0.05) is 20.4 Å². The van der Waals surface area contributed by atoms with E-state index in [0.29, 0.717) is 0 Å². The van der Waals surface area contributed by atoms with E-state index in [-0.39, 0.29) is 0 Å². The normalized spacial score (nSPS) is 11.1. The molecule has 3 aromatic rings. The van der Waals surface area contributed by atoms with Crippen molar-refractivity contribution >= 4 is 38.5 Å². The van der Waals surface area contributed by atoms with Crippen LogP contribution in [0.2, 0.25) is 0 Å². The maximum atomic E-state index is 4.55. The molecule has 2 heterocycles. The summed E-state index contributed by atoms with van der Waals surface area (Å²) < 4.78 is 4.88. The van der Waals surface area contributed by atoms with Crippen molar-refractivity contribution < 1.29 is 0 Å². The summed E-state index contributed by atoms with van der Waals surface area (Å²) in [7, 11) is 0. The molecule has 80 valence electrons. The average molecular weight is 295 g/mol. The standard InChI is InChI=1S/C10H7BrN4S/c1-5-2-6(11)3-7-9(5)14-10(13-7)8-4-12-15-16-8/h2-4H,1H3,(H,13,14). The van der Waals surface area contributed by atoms with E-state index in [1.54, 1.807) is 6.20 Å². The second-order valence-electron chi connectivity index (χ2n) is 3.49. The Labute approximate surface area is 104 Å². The van der Waals surface area contributed by atoms with E-state index in [4.69, 9.17) is 0 Å². The van der Waals surface area contributed by atoms with Crippen molar-refractivity contribution in [3.05, 3.63) is 28.4 Å². The molecule has 4 nitrogen and oxygen atoms in total. The minimum atomic E-state index is 0.825. The number of aromatic nitrogens is 4. The van der Waals surface area contributed by atoms with Crippen molar-refractivity contribution in [3.63, 3.8) is 0 Å². The third kappa shape index (κ3) is 1.54. The lowest BCUT2D eigenvalue weighted by atomic mass is 10.2. The second kappa shape index (κ2) is 3.64. The van der Waals surface area contributed by atoms with Crippen LogP contribution in [0.1, 0.15) is 5.56 Å². The minimum Gasteiger partial charge on any atom is -0.337 e. The molecule has 3 rings (SSSR count). The van der Waals surface area contributed by atoms with E-state index in [2.05, 4.69) is 41.6 Å². The maximum Gasteiger partial charge on any atom is 0.151 e. The lowest BCUT2D eigenvalue weighted by Crippen LogP contribution is -1.76. The molecule has 0 aliphatic rings. The van der Waals surface area contributed by atoms with Gasteiger partial charge in [-0.3, -0.25) is 0 Å². The molecule has 0 atom stereocenters. The molecule has 0 aliphatic carbocycles. The van der Waals surface area contributed by atoms with Crippen LogP contribution in [0.25, 0.3) is 21.7 Å². The SMILES string of the molecule is Cc1cc(Br)cc2[nH]c(-c3cnns3)nc12. The molecule has 0 aliphatic heterocycles. The minimum absolute atomic E-state index is 0.825. The van der Waals surface area contributed by atoms with Gasteiger partial charge in [0, 0.05) is 4.47 Å². The van der Waals surface area contributed by atoms with Crippen LogP contribution in [0.3, 0.4) is 0 Å². The molecule has 0 unspecified atom stereocenters. The summed E-state index contributed by atoms with van der Waals surface area (Å²) in [6.45, 7) is 2.04. The molecule has 0 saturated carbocycles. The van der Waals surface area contributed by atoms with E-state index >= 15 is 0 Å². The number of hydrogen-bond acceptors (Lipinski definition) is 4. The van der Waals surface area contributed by atoms with Gasteiger partial charge in [0.2, 0.25) is 0 Å². The molecule has 2 aromatic heterocycles. The Morgan fingerprint density at radius 1 is 1.38 bits per heavy atom. The van der Waals surface area contributed by atoms with E-state index in [9.17, 15) is 0 Å². The summed E-state index contributed by atoms with van der Waals surface area (Å²) in [5.41, 5.74) is 3.16. The van der Waals surface area contributed by atoms with Crippen LogP contribution in [-0.4, -0.2) is 19.6 Å². The molecule has 0 amide bonds. The number of benzene rings is 1. The smallest absolute Gasteiger partial charge is 0.151 e. The number of hydrogen-bond donors (Lipinski definition) is 1. The highest BCUT2D eigenvalue weighted by molar-refractivity contribution is 9.10. The highest BCUT2D eigenvalue weighted by Gasteiger charge is 2.09. The van der Waals surface area contributed by atoms with Gasteiger partial charge < -0.3 is 4.98 Å². The highest BCUT2D eigenvalue weighted by Crippen LogP contribution is 2.26. The summed E-state index contributed by atoms with van der Waals surface area (Å²) in [5, 5.41) is 3.81. The van der Waals surface area contributed by atoms with Crippen LogP contribution in [-0.2, 0) is 0 Å². The number of halogens is 1. The Bertz CT molecular complexity index is 644. The van der Waals surface area contributed by atoms with E-state index in [1.165, 1.54) is 11.5 Å². The Morgan fingerprint density at radius 2 is 2.25 bits per heavy atom. The number of imidazole rings is 1. The fourth-order valence-corrected chi connectivity index (χ4v) is 2.67. The van der Waals surface area contributed by atoms with Crippen LogP contribution in [0.15, 0.2) is 22.8 Å². The number of aryl methyl sites for hydroxylation is 1. The summed E-state index contributed by atoms with van der Waals surface area (Å²) in [6, 6.07) is 4.07. The first-order valence-electron chi connectivity index (χ1n) is 4.67. The lowest BCUT2D eigenvalue weighted by Gasteiger charge is -1.94. The van der Waals surface area contributed by atoms with Crippen LogP contribution >= 0.6 is 27.5 Å². The second-order valence-corrected chi connectivity index (χ2v) is 5.19. The van der Waals surface area contributed by atoms with Crippen molar-refractivity contribution in [1.82, 2.24) is 19.6 Å². The quantitative estimate of drug-likeness (QED) is 0.750. The molecule has 0 spiro atoms. The van der Waals surface area contributed by atoms with Gasteiger partial charge in [0.1, 0.15) is 4.88 Å². The first kappa shape index (κ1) is 9.92. The lowest BCUT2D eigenvalue weighted by molar-refractivity contribution is 1.15. The predicted molar refractivity (Wildman–Crippen MR) is 67.4 cm³/mol. The molecule has 16 heavy (non-hydrogen) atoms. The first-order chi connectivity index (χ1) is 7.74. The third-order valence-corrected chi connectivity index (χ3v) is 3.47. The number of H-pyrrole nitrogens is 1. The van der Waals surface area contributed by atoms with Gasteiger partial charge >= 0.3 is 0 Å². The summed E-state index contributed by atoms with van der Waals surface area (Å²) in [4.78, 5) is 8.77. The number of aromatic amines is 1. The number of nitrogens with zero attached hydrogens (tertiary/aromatic N) is 3. The van der Waals surface area contributed by atoms with Gasteiger partial charge in [-0.2, -0.15) is 0 Å². The Hall–Kier alpha value is -1.27. The van der Waals surface area contributed by atoms with Gasteiger partial charge in [0.25, 0.3) is 0 Å². The van der Waals surface area contributed by atoms with E-state index in [0.717, 1.165) is 31.8 Å². The maximum absolute atomic E-state index is 4.55. The largest absolute Gasteiger partial charge is 0.337 e. The molecule has 0 radical (unpaired) electrons. The van der Waals surface area contributed by atoms with E-state index < -0.39 is 0 Å². The zero-order valence-electron chi connectivity index (χ0n) is 8.36. The monoisotopic (exact) mass is 294 g/mol. The fraction of sp³-hybridized carbons (Fsp3) is 0.100. The Morgan fingerprint density at radius 3 is 3.00 bits per heavy atom. The molecule has 0 bridgehead atoms. The molecule has 0 saturated heterocycles. The summed E-state index contributed by atoms with van der Waals surface area (Å²) in [5.74, 6) is 0.825. The molecular weight excluding hydrogens is 288 g/mol. The first-order valence-corrected chi connectivity index (χ1v) is 6.24. The van der Waals surface area contributed by atoms with Gasteiger partial charge in [-0.05, 0) is 36.2 Å². The molecule has 1 N–H and O–H groups in total. The Kier molecular flexibility index (Phi) is 2.26. The zero-order valence-corrected chi connectivity index (χ0v) is 10.8. The molecule has 0 fully saturated rings. The number of nitrogens with one attached hydrogen (secondary N) is 1. The van der Waals surface area contributed by atoms with Gasteiger partial charge in [-0.25, -0.2) is 4.98 Å². The summed E-state index contributed by atoms with van der Waals surface area (Å²) in [6.07, 6.45) is 1.72. The van der Waals surface area contributed by atoms with E-state index in [1.807, 2.05) is 13.0 Å². The van der Waals surface area contributed by atoms with Crippen molar-refractivity contribution in [2.75, 3.05) is 0 Å². The summed E-state index contributed by atoms with van der Waals surface area (Å²) >= 11 is 4.81. The number of fused-ring (bicyclic) bond motifs is 1. The van der Waals surface area contributed by atoms with Crippen molar-refractivity contribution in [1.29, 1.82) is 0 Å². The van der Waals surface area contributed by atoms with Gasteiger partial charge in [-0.15, -0.1) is 5.10 Å². The average Bonchev–Trinajstić information content (AvgIpc) is 2.82. The third-order valence-electron chi connectivity index (χ3n) is 2.34. The van der Waals surface area contributed by atoms with Crippen molar-refractivity contribution in [2.45, 2.75) is 6.92 Å². The predicted octanol–water partition coefficient (Wildman–Crippen LogP) is 3.15. The molecular formula is C10H7BrN4S. The van der Waals surface area contributed by atoms with Crippen molar-refractivity contribution in [3.8, 4) is 10.7 Å². The van der Waals surface area contributed by atoms with Crippen LogP contribution in [0.4, 0.5) is 0 Å². The van der Waals surface area contributed by atoms with Gasteiger partial charge in [0.05, 0.1) is 17.2 Å². The number of rotatable bonds is 1. The Balaban J connectivity index is 2.27. The topological polar surface area (TPSA) is 54.5 Å². The van der Waals surface area contributed by atoms with Crippen LogP contribution < -0.4 is 0 Å². The fourth-order valence-electron chi connectivity index (χ4n) is 1.63. The van der Waals surface area contributed by atoms with Crippen molar-refractivity contribution in [2.24, 2.45) is 0 Å². The zero-order chi connectivity index (χ0) is 11.1. The van der Waals surface area contributed by atoms with Gasteiger partial charge in [0.15, 0.2) is 5.82 Å². The molecule has 6 heteroatoms. The van der Waals surface area contributed by atoms with Crippen LogP contribution in [0, 0.1) is 6.92 Å².